The molecule has 0 amide bonds. The summed E-state index contributed by atoms with van der Waals surface area (Å²) in [4.78, 5) is 0. The maximum atomic E-state index is 9.06. The summed E-state index contributed by atoms with van der Waals surface area (Å²) in [6, 6.07) is 18.3. The molecule has 0 fully saturated rings. The molecule has 0 unspecified atom stereocenters. The standard InChI is InChI=1S/C15H12BrN/c16-10-9-12-5-7-13(8-6-12)15-4-2-1-3-14(15)11-17/h1-8H,9-10H2. The van der Waals surface area contributed by atoms with Gasteiger partial charge in [-0.05, 0) is 29.2 Å². The zero-order valence-corrected chi connectivity index (χ0v) is 10.9. The molecule has 0 heterocycles. The zero-order chi connectivity index (χ0) is 12.1. The predicted molar refractivity (Wildman–Crippen MR) is 74.1 cm³/mol. The molecule has 0 saturated carbocycles. The molecule has 2 rings (SSSR count). The van der Waals surface area contributed by atoms with Crippen LogP contribution in [-0.2, 0) is 6.42 Å². The van der Waals surface area contributed by atoms with Crippen molar-refractivity contribution in [1.29, 1.82) is 5.26 Å². The topological polar surface area (TPSA) is 23.8 Å². The monoisotopic (exact) mass is 285 g/mol. The van der Waals surface area contributed by atoms with Gasteiger partial charge in [-0.3, -0.25) is 0 Å². The van der Waals surface area contributed by atoms with E-state index in [4.69, 9.17) is 5.26 Å². The number of hydrogen-bond acceptors (Lipinski definition) is 1. The molecule has 2 aromatic rings. The third kappa shape index (κ3) is 2.75. The second-order valence-electron chi connectivity index (χ2n) is 3.79. The van der Waals surface area contributed by atoms with Crippen molar-refractivity contribution in [3.05, 3.63) is 59.7 Å². The van der Waals surface area contributed by atoms with Gasteiger partial charge in [0.25, 0.3) is 0 Å². The molecule has 17 heavy (non-hydrogen) atoms. The Bertz CT molecular complexity index is 538. The largest absolute Gasteiger partial charge is 0.192 e. The lowest BCUT2D eigenvalue weighted by atomic mass is 9.99. The third-order valence-corrected chi connectivity index (χ3v) is 3.09. The van der Waals surface area contributed by atoms with E-state index in [-0.39, 0.29) is 0 Å². The maximum Gasteiger partial charge on any atom is 0.0998 e. The minimum absolute atomic E-state index is 0.723. The normalized spacial score (nSPS) is 9.88. The average molecular weight is 286 g/mol. The summed E-state index contributed by atoms with van der Waals surface area (Å²) in [5, 5.41) is 10.0. The van der Waals surface area contributed by atoms with Crippen LogP contribution >= 0.6 is 15.9 Å². The zero-order valence-electron chi connectivity index (χ0n) is 9.36. The molecule has 0 aliphatic heterocycles. The Morgan fingerprint density at radius 3 is 2.35 bits per heavy atom. The van der Waals surface area contributed by atoms with Crippen LogP contribution < -0.4 is 0 Å². The van der Waals surface area contributed by atoms with Gasteiger partial charge < -0.3 is 0 Å². The number of aryl methyl sites for hydroxylation is 1. The number of nitriles is 1. The van der Waals surface area contributed by atoms with Crippen molar-refractivity contribution in [3.8, 4) is 17.2 Å². The fourth-order valence-electron chi connectivity index (χ4n) is 1.79. The molecule has 2 heteroatoms. The quantitative estimate of drug-likeness (QED) is 0.777. The molecule has 0 aliphatic rings. The Hall–Kier alpha value is -1.59. The van der Waals surface area contributed by atoms with Gasteiger partial charge in [0.2, 0.25) is 0 Å². The van der Waals surface area contributed by atoms with Gasteiger partial charge in [-0.1, -0.05) is 58.4 Å². The molecular weight excluding hydrogens is 274 g/mol. The average Bonchev–Trinajstić information content (AvgIpc) is 2.40. The van der Waals surface area contributed by atoms with Gasteiger partial charge in [-0.15, -0.1) is 0 Å². The highest BCUT2D eigenvalue weighted by Crippen LogP contribution is 2.23. The smallest absolute Gasteiger partial charge is 0.0998 e. The first-order chi connectivity index (χ1) is 8.35. The third-order valence-electron chi connectivity index (χ3n) is 2.70. The van der Waals surface area contributed by atoms with Crippen molar-refractivity contribution < 1.29 is 0 Å². The molecule has 2 aromatic carbocycles. The molecule has 0 atom stereocenters. The van der Waals surface area contributed by atoms with E-state index in [1.807, 2.05) is 24.3 Å². The molecular formula is C15H12BrN. The van der Waals surface area contributed by atoms with E-state index < -0.39 is 0 Å². The molecule has 0 radical (unpaired) electrons. The molecule has 0 aromatic heterocycles. The Kier molecular flexibility index (Phi) is 3.95. The van der Waals surface area contributed by atoms with Gasteiger partial charge in [0, 0.05) is 5.33 Å². The minimum Gasteiger partial charge on any atom is -0.192 e. The highest BCUT2D eigenvalue weighted by atomic mass is 79.9. The van der Waals surface area contributed by atoms with E-state index in [1.165, 1.54) is 5.56 Å². The molecule has 84 valence electrons. The maximum absolute atomic E-state index is 9.06. The van der Waals surface area contributed by atoms with Crippen LogP contribution in [0.25, 0.3) is 11.1 Å². The van der Waals surface area contributed by atoms with E-state index in [0.717, 1.165) is 28.4 Å². The fraction of sp³-hybridized carbons (Fsp3) is 0.133. The molecule has 0 spiro atoms. The van der Waals surface area contributed by atoms with Crippen LogP contribution in [0.2, 0.25) is 0 Å². The van der Waals surface area contributed by atoms with Gasteiger partial charge in [0.1, 0.15) is 0 Å². The van der Waals surface area contributed by atoms with Gasteiger partial charge in [0.15, 0.2) is 0 Å². The van der Waals surface area contributed by atoms with Crippen LogP contribution in [0.3, 0.4) is 0 Å². The molecule has 1 nitrogen and oxygen atoms in total. The summed E-state index contributed by atoms with van der Waals surface area (Å²) in [6.07, 6.45) is 1.03. The van der Waals surface area contributed by atoms with Gasteiger partial charge in [-0.25, -0.2) is 0 Å². The second-order valence-corrected chi connectivity index (χ2v) is 4.59. The van der Waals surface area contributed by atoms with E-state index in [2.05, 4.69) is 46.3 Å². The van der Waals surface area contributed by atoms with Crippen molar-refractivity contribution in [3.63, 3.8) is 0 Å². The van der Waals surface area contributed by atoms with Gasteiger partial charge >= 0.3 is 0 Å². The highest BCUT2D eigenvalue weighted by Gasteiger charge is 2.03. The Morgan fingerprint density at radius 2 is 1.71 bits per heavy atom. The molecule has 0 aliphatic carbocycles. The van der Waals surface area contributed by atoms with E-state index >= 15 is 0 Å². The van der Waals surface area contributed by atoms with Crippen LogP contribution in [-0.4, -0.2) is 5.33 Å². The van der Waals surface area contributed by atoms with Crippen LogP contribution in [0.5, 0.6) is 0 Å². The first-order valence-electron chi connectivity index (χ1n) is 5.49. The van der Waals surface area contributed by atoms with Crippen LogP contribution in [0.4, 0.5) is 0 Å². The lowest BCUT2D eigenvalue weighted by molar-refractivity contribution is 1.17. The second kappa shape index (κ2) is 5.65. The predicted octanol–water partition coefficient (Wildman–Crippen LogP) is 4.16. The van der Waals surface area contributed by atoms with Gasteiger partial charge in [0.05, 0.1) is 11.6 Å². The first kappa shape index (κ1) is 11.9. The van der Waals surface area contributed by atoms with Crippen LogP contribution in [0, 0.1) is 11.3 Å². The SMILES string of the molecule is N#Cc1ccccc1-c1ccc(CCBr)cc1. The van der Waals surface area contributed by atoms with Crippen molar-refractivity contribution in [2.75, 3.05) is 5.33 Å². The number of halogens is 1. The van der Waals surface area contributed by atoms with Crippen LogP contribution in [0.15, 0.2) is 48.5 Å². The summed E-state index contributed by atoms with van der Waals surface area (Å²) in [7, 11) is 0. The summed E-state index contributed by atoms with van der Waals surface area (Å²) in [6.45, 7) is 0. The number of hydrogen-bond donors (Lipinski definition) is 0. The molecule has 0 bridgehead atoms. The van der Waals surface area contributed by atoms with Gasteiger partial charge in [-0.2, -0.15) is 5.26 Å². The van der Waals surface area contributed by atoms with Crippen molar-refractivity contribution >= 4 is 15.9 Å². The Morgan fingerprint density at radius 1 is 1.00 bits per heavy atom. The lowest BCUT2D eigenvalue weighted by Crippen LogP contribution is -1.87. The summed E-state index contributed by atoms with van der Waals surface area (Å²) in [5.41, 5.74) is 4.13. The van der Waals surface area contributed by atoms with Crippen LogP contribution in [0.1, 0.15) is 11.1 Å². The van der Waals surface area contributed by atoms with Crippen molar-refractivity contribution in [2.45, 2.75) is 6.42 Å². The molecule has 0 N–H and O–H groups in total. The number of rotatable bonds is 3. The number of alkyl halides is 1. The van der Waals surface area contributed by atoms with Crippen molar-refractivity contribution in [2.24, 2.45) is 0 Å². The number of nitrogens with zero attached hydrogens (tertiary/aromatic N) is 1. The first-order valence-corrected chi connectivity index (χ1v) is 6.61. The summed E-state index contributed by atoms with van der Waals surface area (Å²) in [5.74, 6) is 0. The summed E-state index contributed by atoms with van der Waals surface area (Å²) < 4.78 is 0. The fourth-order valence-corrected chi connectivity index (χ4v) is 2.25. The van der Waals surface area contributed by atoms with E-state index in [9.17, 15) is 0 Å². The highest BCUT2D eigenvalue weighted by molar-refractivity contribution is 9.09. The summed E-state index contributed by atoms with van der Waals surface area (Å²) >= 11 is 3.43. The Balaban J connectivity index is 2.37. The molecule has 0 saturated heterocycles. The number of benzene rings is 2. The van der Waals surface area contributed by atoms with E-state index in [0.29, 0.717) is 0 Å². The minimum atomic E-state index is 0.723. The van der Waals surface area contributed by atoms with Crippen molar-refractivity contribution in [1.82, 2.24) is 0 Å². The van der Waals surface area contributed by atoms with E-state index in [1.54, 1.807) is 0 Å². The lowest BCUT2D eigenvalue weighted by Gasteiger charge is -2.05. The Labute approximate surface area is 110 Å².